The van der Waals surface area contributed by atoms with Crippen LogP contribution in [0.5, 0.6) is 0 Å². The third-order valence-corrected chi connectivity index (χ3v) is 3.83. The molecule has 2 rings (SSSR count). The Kier molecular flexibility index (Phi) is 4.58. The summed E-state index contributed by atoms with van der Waals surface area (Å²) in [6.45, 7) is 8.00. The third-order valence-electron chi connectivity index (χ3n) is 3.00. The van der Waals surface area contributed by atoms with Crippen molar-refractivity contribution in [2.24, 2.45) is 0 Å². The lowest BCUT2D eigenvalue weighted by atomic mass is 10.3. The predicted molar refractivity (Wildman–Crippen MR) is 81.5 cm³/mol. The average molecular weight is 323 g/mol. The molecule has 0 saturated carbocycles. The largest absolute Gasteiger partial charge is 0.370 e. The number of aromatic nitrogens is 3. The zero-order valence-electron chi connectivity index (χ0n) is 11.6. The van der Waals surface area contributed by atoms with E-state index in [2.05, 4.69) is 55.9 Å². The highest BCUT2D eigenvalue weighted by Gasteiger charge is 2.01. The fourth-order valence-corrected chi connectivity index (χ4v) is 2.20. The lowest BCUT2D eigenvalue weighted by molar-refractivity contribution is 0.573. The number of rotatable bonds is 5. The van der Waals surface area contributed by atoms with E-state index in [1.54, 1.807) is 0 Å². The van der Waals surface area contributed by atoms with E-state index in [0.717, 1.165) is 35.5 Å². The van der Waals surface area contributed by atoms with Crippen molar-refractivity contribution in [1.29, 1.82) is 0 Å². The lowest BCUT2D eigenvalue weighted by Gasteiger charge is -2.08. The van der Waals surface area contributed by atoms with Gasteiger partial charge in [0.15, 0.2) is 0 Å². The van der Waals surface area contributed by atoms with Crippen molar-refractivity contribution in [1.82, 2.24) is 14.8 Å². The highest BCUT2D eigenvalue weighted by Crippen LogP contribution is 2.17. The Morgan fingerprint density at radius 2 is 2.05 bits per heavy atom. The molecule has 0 aromatic carbocycles. The normalized spacial score (nSPS) is 10.7. The molecule has 102 valence electrons. The molecular formula is C14H19BrN4. The number of pyridine rings is 1. The van der Waals surface area contributed by atoms with Gasteiger partial charge < -0.3 is 5.32 Å². The van der Waals surface area contributed by atoms with Crippen molar-refractivity contribution < 1.29 is 0 Å². The molecule has 1 N–H and O–H groups in total. The predicted octanol–water partition coefficient (Wildman–Crippen LogP) is 3.47. The van der Waals surface area contributed by atoms with E-state index in [-0.39, 0.29) is 0 Å². The monoisotopic (exact) mass is 322 g/mol. The molecule has 4 nitrogen and oxygen atoms in total. The molecule has 0 spiro atoms. The first kappa shape index (κ1) is 14.1. The second-order valence-corrected chi connectivity index (χ2v) is 5.60. The molecule has 0 radical (unpaired) electrons. The first-order chi connectivity index (χ1) is 9.06. The van der Waals surface area contributed by atoms with Crippen LogP contribution in [0, 0.1) is 20.8 Å². The fourth-order valence-electron chi connectivity index (χ4n) is 1.98. The Balaban J connectivity index is 1.80. The van der Waals surface area contributed by atoms with Gasteiger partial charge in [-0.15, -0.1) is 0 Å². The number of anilines is 1. The minimum atomic E-state index is 0.895. The molecule has 0 aliphatic heterocycles. The van der Waals surface area contributed by atoms with Gasteiger partial charge in [0.05, 0.1) is 5.69 Å². The molecule has 2 aromatic heterocycles. The van der Waals surface area contributed by atoms with Crippen LogP contribution in [-0.2, 0) is 6.54 Å². The van der Waals surface area contributed by atoms with E-state index >= 15 is 0 Å². The SMILES string of the molecule is Cc1cc(C)n(CCCNc2cc(C)c(Br)cn2)n1. The van der Waals surface area contributed by atoms with Crippen LogP contribution in [0.25, 0.3) is 0 Å². The summed E-state index contributed by atoms with van der Waals surface area (Å²) in [5, 5.41) is 7.78. The summed E-state index contributed by atoms with van der Waals surface area (Å²) >= 11 is 3.45. The van der Waals surface area contributed by atoms with E-state index in [1.165, 1.54) is 11.3 Å². The van der Waals surface area contributed by atoms with Crippen molar-refractivity contribution >= 4 is 21.7 Å². The topological polar surface area (TPSA) is 42.7 Å². The molecule has 2 aromatic rings. The zero-order valence-corrected chi connectivity index (χ0v) is 13.2. The average Bonchev–Trinajstić information content (AvgIpc) is 2.68. The molecule has 0 unspecified atom stereocenters. The standard InChI is InChI=1S/C14H19BrN4/c1-10-7-14(17-9-13(10)15)16-5-4-6-19-12(3)8-11(2)18-19/h7-9H,4-6H2,1-3H3,(H,16,17). The summed E-state index contributed by atoms with van der Waals surface area (Å²) in [7, 11) is 0. The van der Waals surface area contributed by atoms with E-state index in [9.17, 15) is 0 Å². The minimum Gasteiger partial charge on any atom is -0.370 e. The summed E-state index contributed by atoms with van der Waals surface area (Å²) < 4.78 is 3.10. The van der Waals surface area contributed by atoms with E-state index in [0.29, 0.717) is 0 Å². The quantitative estimate of drug-likeness (QED) is 0.857. The number of hydrogen-bond acceptors (Lipinski definition) is 3. The van der Waals surface area contributed by atoms with Crippen molar-refractivity contribution in [3.63, 3.8) is 0 Å². The van der Waals surface area contributed by atoms with Gasteiger partial charge in [-0.1, -0.05) is 0 Å². The Morgan fingerprint density at radius 1 is 1.26 bits per heavy atom. The molecule has 0 bridgehead atoms. The summed E-state index contributed by atoms with van der Waals surface area (Å²) in [5.74, 6) is 0.925. The highest BCUT2D eigenvalue weighted by molar-refractivity contribution is 9.10. The summed E-state index contributed by atoms with van der Waals surface area (Å²) in [6, 6.07) is 4.15. The summed E-state index contributed by atoms with van der Waals surface area (Å²) in [5.41, 5.74) is 3.49. The van der Waals surface area contributed by atoms with Crippen LogP contribution in [0.4, 0.5) is 5.82 Å². The molecule has 0 amide bonds. The van der Waals surface area contributed by atoms with E-state index in [1.807, 2.05) is 19.2 Å². The van der Waals surface area contributed by atoms with Crippen molar-refractivity contribution in [3.8, 4) is 0 Å². The van der Waals surface area contributed by atoms with Crippen LogP contribution in [0.2, 0.25) is 0 Å². The van der Waals surface area contributed by atoms with E-state index < -0.39 is 0 Å². The molecule has 0 fully saturated rings. The van der Waals surface area contributed by atoms with Gasteiger partial charge in [0.1, 0.15) is 5.82 Å². The van der Waals surface area contributed by atoms with Crippen LogP contribution in [0.1, 0.15) is 23.4 Å². The van der Waals surface area contributed by atoms with Crippen molar-refractivity contribution in [2.75, 3.05) is 11.9 Å². The van der Waals surface area contributed by atoms with Gasteiger partial charge in [0, 0.05) is 29.5 Å². The van der Waals surface area contributed by atoms with Gasteiger partial charge in [-0.05, 0) is 60.8 Å². The zero-order chi connectivity index (χ0) is 13.8. The van der Waals surface area contributed by atoms with Crippen LogP contribution < -0.4 is 5.32 Å². The second kappa shape index (κ2) is 6.19. The number of nitrogens with one attached hydrogen (secondary N) is 1. The maximum Gasteiger partial charge on any atom is 0.126 e. The first-order valence-corrected chi connectivity index (χ1v) is 7.22. The Bertz CT molecular complexity index is 563. The highest BCUT2D eigenvalue weighted by atomic mass is 79.9. The second-order valence-electron chi connectivity index (χ2n) is 4.75. The van der Waals surface area contributed by atoms with Crippen LogP contribution in [0.15, 0.2) is 22.8 Å². The third kappa shape index (κ3) is 3.80. The Morgan fingerprint density at radius 3 is 2.68 bits per heavy atom. The molecule has 19 heavy (non-hydrogen) atoms. The maximum absolute atomic E-state index is 4.45. The number of aryl methyl sites for hydroxylation is 4. The van der Waals surface area contributed by atoms with Gasteiger partial charge >= 0.3 is 0 Å². The Labute approximate surface area is 122 Å². The molecule has 0 aliphatic carbocycles. The first-order valence-electron chi connectivity index (χ1n) is 6.43. The molecular weight excluding hydrogens is 304 g/mol. The summed E-state index contributed by atoms with van der Waals surface area (Å²) in [6.07, 6.45) is 2.86. The lowest BCUT2D eigenvalue weighted by Crippen LogP contribution is -2.09. The molecule has 0 aliphatic rings. The van der Waals surface area contributed by atoms with Gasteiger partial charge in [-0.3, -0.25) is 4.68 Å². The minimum absolute atomic E-state index is 0.895. The maximum atomic E-state index is 4.45. The van der Waals surface area contributed by atoms with Crippen molar-refractivity contribution in [3.05, 3.63) is 39.8 Å². The van der Waals surface area contributed by atoms with Gasteiger partial charge in [-0.25, -0.2) is 4.98 Å². The van der Waals surface area contributed by atoms with Gasteiger partial charge in [0.2, 0.25) is 0 Å². The Hall–Kier alpha value is -1.36. The molecule has 0 atom stereocenters. The fraction of sp³-hybridized carbons (Fsp3) is 0.429. The van der Waals surface area contributed by atoms with Crippen LogP contribution in [0.3, 0.4) is 0 Å². The van der Waals surface area contributed by atoms with Gasteiger partial charge in [-0.2, -0.15) is 5.10 Å². The van der Waals surface area contributed by atoms with Crippen LogP contribution >= 0.6 is 15.9 Å². The van der Waals surface area contributed by atoms with Crippen LogP contribution in [-0.4, -0.2) is 21.3 Å². The molecule has 2 heterocycles. The number of hydrogen-bond donors (Lipinski definition) is 1. The molecule has 5 heteroatoms. The number of nitrogens with zero attached hydrogens (tertiary/aromatic N) is 3. The molecule has 0 saturated heterocycles. The summed E-state index contributed by atoms with van der Waals surface area (Å²) in [4.78, 5) is 4.32. The van der Waals surface area contributed by atoms with E-state index in [4.69, 9.17) is 0 Å². The van der Waals surface area contributed by atoms with Crippen molar-refractivity contribution in [2.45, 2.75) is 33.7 Å². The number of halogens is 1. The van der Waals surface area contributed by atoms with Gasteiger partial charge in [0.25, 0.3) is 0 Å². The smallest absolute Gasteiger partial charge is 0.126 e.